The van der Waals surface area contributed by atoms with Gasteiger partial charge in [-0.25, -0.2) is 0 Å². The number of morpholine rings is 1. The van der Waals surface area contributed by atoms with Gasteiger partial charge < -0.3 is 10.1 Å². The van der Waals surface area contributed by atoms with Gasteiger partial charge in [0.25, 0.3) is 0 Å². The zero-order chi connectivity index (χ0) is 7.23. The van der Waals surface area contributed by atoms with Gasteiger partial charge in [0, 0.05) is 12.6 Å². The Morgan fingerprint density at radius 2 is 2.60 bits per heavy atom. The molecule has 0 saturated carbocycles. The molecule has 1 heterocycles. The van der Waals surface area contributed by atoms with Gasteiger partial charge in [-0.2, -0.15) is 0 Å². The van der Waals surface area contributed by atoms with Crippen molar-refractivity contribution in [1.29, 1.82) is 0 Å². The van der Waals surface area contributed by atoms with Crippen molar-refractivity contribution in [3.63, 3.8) is 0 Å². The molecule has 0 amide bonds. The fourth-order valence-corrected chi connectivity index (χ4v) is 1.12. The molecule has 0 aliphatic carbocycles. The fourth-order valence-electron chi connectivity index (χ4n) is 1.12. The van der Waals surface area contributed by atoms with E-state index in [2.05, 4.69) is 11.9 Å². The van der Waals surface area contributed by atoms with Crippen LogP contribution in [0.4, 0.5) is 0 Å². The molecule has 1 atom stereocenters. The average Bonchev–Trinajstić information content (AvgIpc) is 2.03. The van der Waals surface area contributed by atoms with Crippen LogP contribution in [0.1, 0.15) is 12.8 Å². The molecule has 0 aromatic rings. The lowest BCUT2D eigenvalue weighted by Gasteiger charge is -2.22. The highest BCUT2D eigenvalue weighted by Gasteiger charge is 2.10. The number of nitrogens with one attached hydrogen (secondary N) is 1. The van der Waals surface area contributed by atoms with Crippen LogP contribution in [0.15, 0.2) is 12.7 Å². The van der Waals surface area contributed by atoms with Crippen LogP contribution < -0.4 is 5.32 Å². The summed E-state index contributed by atoms with van der Waals surface area (Å²) in [5.74, 6) is 0. The second kappa shape index (κ2) is 4.47. The van der Waals surface area contributed by atoms with E-state index in [1.807, 2.05) is 6.08 Å². The summed E-state index contributed by atoms with van der Waals surface area (Å²) in [6, 6.07) is 0.562. The predicted molar refractivity (Wildman–Crippen MR) is 42.0 cm³/mol. The highest BCUT2D eigenvalue weighted by Crippen LogP contribution is 2.01. The van der Waals surface area contributed by atoms with Crippen LogP contribution in [-0.2, 0) is 4.74 Å². The van der Waals surface area contributed by atoms with Gasteiger partial charge in [-0.1, -0.05) is 6.08 Å². The molecule has 10 heavy (non-hydrogen) atoms. The molecular formula is C8H15NO. The molecule has 0 aromatic carbocycles. The van der Waals surface area contributed by atoms with Crippen molar-refractivity contribution < 1.29 is 4.74 Å². The Labute approximate surface area is 62.3 Å². The Bertz CT molecular complexity index is 97.4. The van der Waals surface area contributed by atoms with Gasteiger partial charge in [0.2, 0.25) is 0 Å². The van der Waals surface area contributed by atoms with Crippen LogP contribution in [0.5, 0.6) is 0 Å². The van der Waals surface area contributed by atoms with Crippen molar-refractivity contribution in [3.05, 3.63) is 12.7 Å². The second-order valence-electron chi connectivity index (χ2n) is 2.59. The lowest BCUT2D eigenvalue weighted by atomic mass is 10.1. The smallest absolute Gasteiger partial charge is 0.0620 e. The zero-order valence-electron chi connectivity index (χ0n) is 6.31. The molecule has 2 heteroatoms. The summed E-state index contributed by atoms with van der Waals surface area (Å²) < 4.78 is 5.28. The predicted octanol–water partition coefficient (Wildman–Crippen LogP) is 0.941. The zero-order valence-corrected chi connectivity index (χ0v) is 6.31. The number of ether oxygens (including phenoxy) is 1. The molecule has 1 unspecified atom stereocenters. The Balaban J connectivity index is 2.07. The normalized spacial score (nSPS) is 26.2. The van der Waals surface area contributed by atoms with Crippen molar-refractivity contribution >= 4 is 0 Å². The van der Waals surface area contributed by atoms with Crippen LogP contribution >= 0.6 is 0 Å². The first kappa shape index (κ1) is 7.76. The maximum absolute atomic E-state index is 5.28. The molecule has 0 aromatic heterocycles. The lowest BCUT2D eigenvalue weighted by molar-refractivity contribution is 0.0746. The number of hydrogen-bond acceptors (Lipinski definition) is 2. The standard InChI is InChI=1S/C8H15NO/c1-2-3-4-8-7-10-6-5-9-8/h2,8-9H,1,3-7H2. The summed E-state index contributed by atoms with van der Waals surface area (Å²) >= 11 is 0. The number of allylic oxidation sites excluding steroid dienone is 1. The number of hydrogen-bond donors (Lipinski definition) is 1. The minimum atomic E-state index is 0.562. The van der Waals surface area contributed by atoms with Gasteiger partial charge in [-0.15, -0.1) is 6.58 Å². The third-order valence-electron chi connectivity index (χ3n) is 1.72. The summed E-state index contributed by atoms with van der Waals surface area (Å²) in [4.78, 5) is 0. The molecule has 1 aliphatic heterocycles. The maximum atomic E-state index is 5.28. The van der Waals surface area contributed by atoms with Gasteiger partial charge in [-0.3, -0.25) is 0 Å². The van der Waals surface area contributed by atoms with Crippen LogP contribution in [0.25, 0.3) is 0 Å². The van der Waals surface area contributed by atoms with Crippen molar-refractivity contribution in [1.82, 2.24) is 5.32 Å². The molecule has 1 fully saturated rings. The second-order valence-corrected chi connectivity index (χ2v) is 2.59. The molecular weight excluding hydrogens is 126 g/mol. The van der Waals surface area contributed by atoms with E-state index in [1.54, 1.807) is 0 Å². The van der Waals surface area contributed by atoms with Crippen LogP contribution in [0, 0.1) is 0 Å². The molecule has 0 spiro atoms. The fraction of sp³-hybridized carbons (Fsp3) is 0.750. The quantitative estimate of drug-likeness (QED) is 0.591. The van der Waals surface area contributed by atoms with Gasteiger partial charge in [-0.05, 0) is 12.8 Å². The van der Waals surface area contributed by atoms with E-state index >= 15 is 0 Å². The van der Waals surface area contributed by atoms with Crippen molar-refractivity contribution in [3.8, 4) is 0 Å². The highest BCUT2D eigenvalue weighted by atomic mass is 16.5. The first-order valence-electron chi connectivity index (χ1n) is 3.85. The van der Waals surface area contributed by atoms with Crippen LogP contribution in [0.3, 0.4) is 0 Å². The Morgan fingerprint density at radius 3 is 3.20 bits per heavy atom. The van der Waals surface area contributed by atoms with Crippen molar-refractivity contribution in [2.24, 2.45) is 0 Å². The first-order valence-corrected chi connectivity index (χ1v) is 3.85. The van der Waals surface area contributed by atoms with E-state index in [1.165, 1.54) is 0 Å². The first-order chi connectivity index (χ1) is 4.93. The van der Waals surface area contributed by atoms with E-state index < -0.39 is 0 Å². The van der Waals surface area contributed by atoms with Gasteiger partial charge in [0.15, 0.2) is 0 Å². The minimum absolute atomic E-state index is 0.562. The van der Waals surface area contributed by atoms with Crippen LogP contribution in [-0.4, -0.2) is 25.8 Å². The topological polar surface area (TPSA) is 21.3 Å². The van der Waals surface area contributed by atoms with E-state index in [-0.39, 0.29) is 0 Å². The lowest BCUT2D eigenvalue weighted by Crippen LogP contribution is -2.40. The molecule has 1 aliphatic rings. The molecule has 2 nitrogen and oxygen atoms in total. The third-order valence-corrected chi connectivity index (χ3v) is 1.72. The minimum Gasteiger partial charge on any atom is -0.379 e. The van der Waals surface area contributed by atoms with E-state index in [4.69, 9.17) is 4.74 Å². The Kier molecular flexibility index (Phi) is 3.47. The van der Waals surface area contributed by atoms with Gasteiger partial charge >= 0.3 is 0 Å². The summed E-state index contributed by atoms with van der Waals surface area (Å²) in [6.07, 6.45) is 4.20. The summed E-state index contributed by atoms with van der Waals surface area (Å²) in [7, 11) is 0. The molecule has 58 valence electrons. The largest absolute Gasteiger partial charge is 0.379 e. The van der Waals surface area contributed by atoms with Crippen molar-refractivity contribution in [2.75, 3.05) is 19.8 Å². The Morgan fingerprint density at radius 1 is 1.70 bits per heavy atom. The maximum Gasteiger partial charge on any atom is 0.0620 e. The SMILES string of the molecule is C=CCCC1COCCN1. The molecule has 1 saturated heterocycles. The average molecular weight is 141 g/mol. The third kappa shape index (κ3) is 2.50. The van der Waals surface area contributed by atoms with E-state index in [0.717, 1.165) is 32.6 Å². The molecule has 1 rings (SSSR count). The van der Waals surface area contributed by atoms with Crippen molar-refractivity contribution in [2.45, 2.75) is 18.9 Å². The highest BCUT2D eigenvalue weighted by molar-refractivity contribution is 4.75. The summed E-state index contributed by atoms with van der Waals surface area (Å²) in [5.41, 5.74) is 0. The van der Waals surface area contributed by atoms with Gasteiger partial charge in [0.1, 0.15) is 0 Å². The van der Waals surface area contributed by atoms with E-state index in [0.29, 0.717) is 6.04 Å². The van der Waals surface area contributed by atoms with E-state index in [9.17, 15) is 0 Å². The van der Waals surface area contributed by atoms with Crippen LogP contribution in [0.2, 0.25) is 0 Å². The molecule has 1 N–H and O–H groups in total. The molecule has 0 radical (unpaired) electrons. The summed E-state index contributed by atoms with van der Waals surface area (Å²) in [6.45, 7) is 6.41. The van der Waals surface area contributed by atoms with Gasteiger partial charge in [0.05, 0.1) is 13.2 Å². The summed E-state index contributed by atoms with van der Waals surface area (Å²) in [5, 5.41) is 3.38. The monoisotopic (exact) mass is 141 g/mol. The Hall–Kier alpha value is -0.340. The number of rotatable bonds is 3. The molecule has 0 bridgehead atoms.